The van der Waals surface area contributed by atoms with Gasteiger partial charge in [-0.2, -0.15) is 0 Å². The fourth-order valence-corrected chi connectivity index (χ4v) is 2.47. The van der Waals surface area contributed by atoms with E-state index in [0.29, 0.717) is 0 Å². The summed E-state index contributed by atoms with van der Waals surface area (Å²) in [5, 5.41) is 0. The van der Waals surface area contributed by atoms with E-state index >= 15 is 0 Å². The smallest absolute Gasteiger partial charge is 0.122 e. The van der Waals surface area contributed by atoms with Crippen LogP contribution in [0.25, 0.3) is 0 Å². The Bertz CT molecular complexity index is 595. The molecule has 98 valence electrons. The van der Waals surface area contributed by atoms with Crippen LogP contribution in [0.4, 0.5) is 11.4 Å². The summed E-state index contributed by atoms with van der Waals surface area (Å²) in [6.45, 7) is 1.68. The highest BCUT2D eigenvalue weighted by atomic mass is 16.5. The van der Waals surface area contributed by atoms with Crippen LogP contribution in [0.1, 0.15) is 11.1 Å². The quantitative estimate of drug-likeness (QED) is 0.856. The third-order valence-electron chi connectivity index (χ3n) is 3.48. The van der Waals surface area contributed by atoms with E-state index in [1.807, 2.05) is 18.2 Å². The van der Waals surface area contributed by atoms with E-state index in [9.17, 15) is 0 Å². The Morgan fingerprint density at radius 1 is 1.21 bits per heavy atom. The predicted molar refractivity (Wildman–Crippen MR) is 78.6 cm³/mol. The Morgan fingerprint density at radius 3 is 2.95 bits per heavy atom. The van der Waals surface area contributed by atoms with E-state index < -0.39 is 0 Å². The molecule has 1 aliphatic heterocycles. The first kappa shape index (κ1) is 11.9. The van der Waals surface area contributed by atoms with Crippen molar-refractivity contribution < 1.29 is 4.74 Å². The standard InChI is InChI=1S/C16H18N2O/c1-18(15-4-2-3-14(17)10-15)11-12-5-6-16-13(9-12)7-8-19-16/h2-6,9-10H,7-8,11,17H2,1H3. The van der Waals surface area contributed by atoms with Gasteiger partial charge in [-0.25, -0.2) is 0 Å². The van der Waals surface area contributed by atoms with Crippen LogP contribution in [-0.4, -0.2) is 13.7 Å². The molecule has 0 spiro atoms. The van der Waals surface area contributed by atoms with Crippen molar-refractivity contribution in [2.45, 2.75) is 13.0 Å². The topological polar surface area (TPSA) is 38.5 Å². The number of nitrogens with zero attached hydrogens (tertiary/aromatic N) is 1. The Morgan fingerprint density at radius 2 is 2.11 bits per heavy atom. The molecule has 0 aliphatic carbocycles. The molecular formula is C16H18N2O. The molecular weight excluding hydrogens is 236 g/mol. The molecule has 2 aromatic carbocycles. The number of nitrogens with two attached hydrogens (primary N) is 1. The molecule has 19 heavy (non-hydrogen) atoms. The summed E-state index contributed by atoms with van der Waals surface area (Å²) >= 11 is 0. The van der Waals surface area contributed by atoms with Crippen LogP contribution in [0.15, 0.2) is 42.5 Å². The molecule has 2 N–H and O–H groups in total. The Labute approximate surface area is 113 Å². The van der Waals surface area contributed by atoms with Crippen LogP contribution in [0.3, 0.4) is 0 Å². The molecule has 0 saturated heterocycles. The summed E-state index contributed by atoms with van der Waals surface area (Å²) < 4.78 is 5.53. The van der Waals surface area contributed by atoms with E-state index in [0.717, 1.165) is 36.7 Å². The Hall–Kier alpha value is -2.16. The summed E-state index contributed by atoms with van der Waals surface area (Å²) in [4.78, 5) is 2.20. The first-order valence-electron chi connectivity index (χ1n) is 6.54. The predicted octanol–water partition coefficient (Wildman–Crippen LogP) is 2.84. The molecule has 3 nitrogen and oxygen atoms in total. The molecule has 3 heteroatoms. The van der Waals surface area contributed by atoms with Crippen LogP contribution in [0.5, 0.6) is 5.75 Å². The molecule has 0 atom stereocenters. The normalized spacial score (nSPS) is 12.9. The highest BCUT2D eigenvalue weighted by molar-refractivity contribution is 5.55. The first-order valence-corrected chi connectivity index (χ1v) is 6.54. The lowest BCUT2D eigenvalue weighted by Gasteiger charge is -2.20. The number of anilines is 2. The largest absolute Gasteiger partial charge is 0.493 e. The van der Waals surface area contributed by atoms with Gasteiger partial charge < -0.3 is 15.4 Å². The molecule has 1 aliphatic rings. The number of nitrogen functional groups attached to an aromatic ring is 1. The molecule has 0 aromatic heterocycles. The average Bonchev–Trinajstić information content (AvgIpc) is 2.86. The van der Waals surface area contributed by atoms with Gasteiger partial charge in [-0.1, -0.05) is 18.2 Å². The molecule has 1 heterocycles. The van der Waals surface area contributed by atoms with E-state index in [-0.39, 0.29) is 0 Å². The molecule has 0 bridgehead atoms. The lowest BCUT2D eigenvalue weighted by atomic mass is 10.1. The fourth-order valence-electron chi connectivity index (χ4n) is 2.47. The SMILES string of the molecule is CN(Cc1ccc2c(c1)CCO2)c1cccc(N)c1. The van der Waals surface area contributed by atoms with Crippen molar-refractivity contribution >= 4 is 11.4 Å². The number of rotatable bonds is 3. The molecule has 2 aromatic rings. The van der Waals surface area contributed by atoms with Gasteiger partial charge in [0.2, 0.25) is 0 Å². The van der Waals surface area contributed by atoms with E-state index in [4.69, 9.17) is 10.5 Å². The molecule has 0 saturated carbocycles. The minimum absolute atomic E-state index is 0.798. The zero-order valence-corrected chi connectivity index (χ0v) is 11.1. The summed E-state index contributed by atoms with van der Waals surface area (Å²) in [7, 11) is 2.08. The van der Waals surface area contributed by atoms with Gasteiger partial charge in [0.15, 0.2) is 0 Å². The van der Waals surface area contributed by atoms with Crippen molar-refractivity contribution in [1.82, 2.24) is 0 Å². The van der Waals surface area contributed by atoms with E-state index in [2.05, 4.69) is 36.2 Å². The van der Waals surface area contributed by atoms with Gasteiger partial charge >= 0.3 is 0 Å². The van der Waals surface area contributed by atoms with E-state index in [1.165, 1.54) is 11.1 Å². The van der Waals surface area contributed by atoms with Gasteiger partial charge in [0, 0.05) is 31.4 Å². The van der Waals surface area contributed by atoms with Crippen molar-refractivity contribution in [3.05, 3.63) is 53.6 Å². The van der Waals surface area contributed by atoms with Gasteiger partial charge in [-0.05, 0) is 35.4 Å². The minimum Gasteiger partial charge on any atom is -0.493 e. The fraction of sp³-hybridized carbons (Fsp3) is 0.250. The minimum atomic E-state index is 0.798. The summed E-state index contributed by atoms with van der Waals surface area (Å²) in [6, 6.07) is 14.4. The van der Waals surface area contributed by atoms with Crippen molar-refractivity contribution in [3.8, 4) is 5.75 Å². The number of hydrogen-bond acceptors (Lipinski definition) is 3. The number of fused-ring (bicyclic) bond motifs is 1. The lowest BCUT2D eigenvalue weighted by Crippen LogP contribution is -2.16. The third-order valence-corrected chi connectivity index (χ3v) is 3.48. The van der Waals surface area contributed by atoms with Crippen LogP contribution in [0, 0.1) is 0 Å². The maximum absolute atomic E-state index is 5.82. The summed E-state index contributed by atoms with van der Waals surface area (Å²) in [5.74, 6) is 1.04. The average molecular weight is 254 g/mol. The van der Waals surface area contributed by atoms with Crippen LogP contribution >= 0.6 is 0 Å². The maximum Gasteiger partial charge on any atom is 0.122 e. The van der Waals surface area contributed by atoms with Crippen LogP contribution in [-0.2, 0) is 13.0 Å². The van der Waals surface area contributed by atoms with Crippen LogP contribution in [0.2, 0.25) is 0 Å². The van der Waals surface area contributed by atoms with Gasteiger partial charge in [0.05, 0.1) is 6.61 Å². The monoisotopic (exact) mass is 254 g/mol. The highest BCUT2D eigenvalue weighted by Crippen LogP contribution is 2.27. The van der Waals surface area contributed by atoms with Crippen molar-refractivity contribution in [1.29, 1.82) is 0 Å². The number of ether oxygens (including phenoxy) is 1. The van der Waals surface area contributed by atoms with Gasteiger partial charge in [-0.15, -0.1) is 0 Å². The maximum atomic E-state index is 5.82. The zero-order chi connectivity index (χ0) is 13.2. The molecule has 0 fully saturated rings. The second kappa shape index (κ2) is 4.84. The second-order valence-corrected chi connectivity index (χ2v) is 4.99. The first-order chi connectivity index (χ1) is 9.22. The lowest BCUT2D eigenvalue weighted by molar-refractivity contribution is 0.357. The molecule has 0 radical (unpaired) electrons. The molecule has 3 rings (SSSR count). The zero-order valence-electron chi connectivity index (χ0n) is 11.1. The van der Waals surface area contributed by atoms with Gasteiger partial charge in [0.1, 0.15) is 5.75 Å². The van der Waals surface area contributed by atoms with Crippen molar-refractivity contribution in [3.63, 3.8) is 0 Å². The van der Waals surface area contributed by atoms with E-state index in [1.54, 1.807) is 0 Å². The highest BCUT2D eigenvalue weighted by Gasteiger charge is 2.12. The van der Waals surface area contributed by atoms with Crippen molar-refractivity contribution in [2.24, 2.45) is 0 Å². The third kappa shape index (κ3) is 2.50. The second-order valence-electron chi connectivity index (χ2n) is 4.99. The van der Waals surface area contributed by atoms with Crippen molar-refractivity contribution in [2.75, 3.05) is 24.3 Å². The Balaban J connectivity index is 1.77. The number of benzene rings is 2. The van der Waals surface area contributed by atoms with Gasteiger partial charge in [0.25, 0.3) is 0 Å². The van der Waals surface area contributed by atoms with Crippen LogP contribution < -0.4 is 15.4 Å². The Kier molecular flexibility index (Phi) is 3.03. The van der Waals surface area contributed by atoms with Gasteiger partial charge in [-0.3, -0.25) is 0 Å². The number of hydrogen-bond donors (Lipinski definition) is 1. The summed E-state index contributed by atoms with van der Waals surface area (Å²) in [5.41, 5.74) is 10.4. The molecule has 0 amide bonds. The summed E-state index contributed by atoms with van der Waals surface area (Å²) in [6.07, 6.45) is 1.02. The molecule has 0 unspecified atom stereocenters.